The average Bonchev–Trinajstić information content (AvgIpc) is 2.84. The van der Waals surface area contributed by atoms with Crippen molar-refractivity contribution in [2.24, 2.45) is 0 Å². The van der Waals surface area contributed by atoms with Crippen molar-refractivity contribution in [3.8, 4) is 0 Å². The zero-order valence-corrected chi connectivity index (χ0v) is 18.1. The normalized spacial score (nSPS) is 15.3. The van der Waals surface area contributed by atoms with Gasteiger partial charge < -0.3 is 4.90 Å². The molecule has 1 amide bonds. The molecule has 0 aliphatic carbocycles. The molecule has 170 valence electrons. The molecule has 0 radical (unpaired) electrons. The van der Waals surface area contributed by atoms with Crippen LogP contribution in [-0.4, -0.2) is 41.9 Å². The number of amides is 1. The first-order valence-electron chi connectivity index (χ1n) is 10.9. The third kappa shape index (κ3) is 5.71. The molecule has 33 heavy (non-hydrogen) atoms. The maximum atomic E-state index is 12.7. The second-order valence-corrected chi connectivity index (χ2v) is 8.04. The lowest BCUT2D eigenvalue weighted by atomic mass is 9.96. The molecule has 0 atom stereocenters. The standard InChI is InChI=1S/C27H25F3N2O/c28-27(29,30)24-14-11-21(12-15-24)13-16-25(33)31-17-19-32(20-18-31)26(22-7-3-1-4-8-22)23-9-5-2-6-10-23/h1-16,26H,17-20H2. The van der Waals surface area contributed by atoms with Gasteiger partial charge in [-0.05, 0) is 34.9 Å². The minimum Gasteiger partial charge on any atom is -0.337 e. The summed E-state index contributed by atoms with van der Waals surface area (Å²) in [4.78, 5) is 16.8. The van der Waals surface area contributed by atoms with E-state index in [1.807, 2.05) is 36.4 Å². The predicted octanol–water partition coefficient (Wildman–Crippen LogP) is 5.65. The SMILES string of the molecule is O=C(C=Cc1ccc(C(F)(F)F)cc1)N1CCN(C(c2ccccc2)c2ccccc2)CC1. The summed E-state index contributed by atoms with van der Waals surface area (Å²) >= 11 is 0. The molecule has 1 heterocycles. The molecule has 1 aliphatic rings. The van der Waals surface area contributed by atoms with Crippen LogP contribution in [0.4, 0.5) is 13.2 Å². The van der Waals surface area contributed by atoms with Crippen molar-refractivity contribution in [2.45, 2.75) is 12.2 Å². The van der Waals surface area contributed by atoms with Gasteiger partial charge in [-0.3, -0.25) is 9.69 Å². The summed E-state index contributed by atoms with van der Waals surface area (Å²) in [6.45, 7) is 2.64. The van der Waals surface area contributed by atoms with E-state index in [9.17, 15) is 18.0 Å². The number of carbonyl (C=O) groups excluding carboxylic acids is 1. The number of alkyl halides is 3. The average molecular weight is 451 g/mol. The Bertz CT molecular complexity index is 1030. The lowest BCUT2D eigenvalue weighted by molar-refractivity contribution is -0.137. The van der Waals surface area contributed by atoms with E-state index >= 15 is 0 Å². The summed E-state index contributed by atoms with van der Waals surface area (Å²) in [6.07, 6.45) is -1.37. The molecule has 0 saturated carbocycles. The van der Waals surface area contributed by atoms with Crippen molar-refractivity contribution in [1.29, 1.82) is 0 Å². The fraction of sp³-hybridized carbons (Fsp3) is 0.222. The zero-order valence-electron chi connectivity index (χ0n) is 18.1. The van der Waals surface area contributed by atoms with Crippen LogP contribution in [0.3, 0.4) is 0 Å². The Morgan fingerprint density at radius 2 is 1.27 bits per heavy atom. The smallest absolute Gasteiger partial charge is 0.337 e. The first-order valence-corrected chi connectivity index (χ1v) is 10.9. The quantitative estimate of drug-likeness (QED) is 0.469. The molecule has 1 saturated heterocycles. The Balaban J connectivity index is 1.40. The number of carbonyl (C=O) groups is 1. The highest BCUT2D eigenvalue weighted by molar-refractivity contribution is 5.91. The minimum atomic E-state index is -4.37. The first kappa shape index (κ1) is 22.8. The second kappa shape index (κ2) is 10.0. The number of piperazine rings is 1. The number of rotatable bonds is 5. The molecule has 0 aromatic heterocycles. The monoisotopic (exact) mass is 450 g/mol. The lowest BCUT2D eigenvalue weighted by Gasteiger charge is -2.39. The summed E-state index contributed by atoms with van der Waals surface area (Å²) in [5, 5.41) is 0. The third-order valence-electron chi connectivity index (χ3n) is 5.88. The highest BCUT2D eigenvalue weighted by atomic mass is 19.4. The summed E-state index contributed by atoms with van der Waals surface area (Å²) in [5.41, 5.74) is 2.29. The lowest BCUT2D eigenvalue weighted by Crippen LogP contribution is -2.49. The van der Waals surface area contributed by atoms with Crippen molar-refractivity contribution in [2.75, 3.05) is 26.2 Å². The van der Waals surface area contributed by atoms with Gasteiger partial charge in [0.05, 0.1) is 11.6 Å². The van der Waals surface area contributed by atoms with Gasteiger partial charge in [-0.2, -0.15) is 13.2 Å². The Morgan fingerprint density at radius 3 is 1.76 bits per heavy atom. The van der Waals surface area contributed by atoms with Crippen LogP contribution in [0, 0.1) is 0 Å². The van der Waals surface area contributed by atoms with E-state index in [0.29, 0.717) is 18.7 Å². The van der Waals surface area contributed by atoms with Crippen LogP contribution in [0.1, 0.15) is 28.3 Å². The molecular formula is C27H25F3N2O. The molecule has 0 N–H and O–H groups in total. The fourth-order valence-electron chi connectivity index (χ4n) is 4.14. The maximum absolute atomic E-state index is 12.7. The molecule has 0 bridgehead atoms. The summed E-state index contributed by atoms with van der Waals surface area (Å²) in [7, 11) is 0. The van der Waals surface area contributed by atoms with Crippen molar-refractivity contribution < 1.29 is 18.0 Å². The molecule has 0 unspecified atom stereocenters. The summed E-state index contributed by atoms with van der Waals surface area (Å²) < 4.78 is 38.1. The van der Waals surface area contributed by atoms with Gasteiger partial charge >= 0.3 is 6.18 Å². The van der Waals surface area contributed by atoms with E-state index in [1.54, 1.807) is 11.0 Å². The Labute approximate surface area is 191 Å². The fourth-order valence-corrected chi connectivity index (χ4v) is 4.14. The van der Waals surface area contributed by atoms with Gasteiger partial charge in [0.2, 0.25) is 5.91 Å². The van der Waals surface area contributed by atoms with Crippen molar-refractivity contribution >= 4 is 12.0 Å². The van der Waals surface area contributed by atoms with Crippen LogP contribution in [0.15, 0.2) is 91.0 Å². The molecule has 1 aliphatic heterocycles. The first-order chi connectivity index (χ1) is 15.9. The van der Waals surface area contributed by atoms with Crippen molar-refractivity contribution in [3.63, 3.8) is 0 Å². The Hall–Kier alpha value is -3.38. The largest absolute Gasteiger partial charge is 0.416 e. The number of benzene rings is 3. The van der Waals surface area contributed by atoms with E-state index in [0.717, 1.165) is 25.2 Å². The topological polar surface area (TPSA) is 23.6 Å². The van der Waals surface area contributed by atoms with Gasteiger partial charge in [-0.25, -0.2) is 0 Å². The van der Waals surface area contributed by atoms with E-state index in [4.69, 9.17) is 0 Å². The van der Waals surface area contributed by atoms with Gasteiger partial charge in [0.25, 0.3) is 0 Å². The minimum absolute atomic E-state index is 0.118. The maximum Gasteiger partial charge on any atom is 0.416 e. The summed E-state index contributed by atoms with van der Waals surface area (Å²) in [6, 6.07) is 25.6. The van der Waals surface area contributed by atoms with Gasteiger partial charge in [0, 0.05) is 32.3 Å². The second-order valence-electron chi connectivity index (χ2n) is 8.04. The third-order valence-corrected chi connectivity index (χ3v) is 5.88. The Kier molecular flexibility index (Phi) is 6.94. The molecule has 1 fully saturated rings. The number of hydrogen-bond acceptors (Lipinski definition) is 2. The number of hydrogen-bond donors (Lipinski definition) is 0. The van der Waals surface area contributed by atoms with Crippen molar-refractivity contribution in [1.82, 2.24) is 9.80 Å². The number of nitrogens with zero attached hydrogens (tertiary/aromatic N) is 2. The molecule has 6 heteroatoms. The van der Waals surface area contributed by atoms with Crippen LogP contribution in [-0.2, 0) is 11.0 Å². The van der Waals surface area contributed by atoms with Gasteiger partial charge in [-0.15, -0.1) is 0 Å². The Morgan fingerprint density at radius 1 is 0.758 bits per heavy atom. The van der Waals surface area contributed by atoms with Crippen LogP contribution in [0.5, 0.6) is 0 Å². The summed E-state index contributed by atoms with van der Waals surface area (Å²) in [5.74, 6) is -0.134. The van der Waals surface area contributed by atoms with E-state index in [-0.39, 0.29) is 11.9 Å². The van der Waals surface area contributed by atoms with Gasteiger partial charge in [0.15, 0.2) is 0 Å². The molecule has 3 aromatic rings. The van der Waals surface area contributed by atoms with E-state index in [2.05, 4.69) is 29.2 Å². The van der Waals surface area contributed by atoms with E-state index < -0.39 is 11.7 Å². The molecule has 3 nitrogen and oxygen atoms in total. The van der Waals surface area contributed by atoms with Crippen LogP contribution < -0.4 is 0 Å². The van der Waals surface area contributed by atoms with Crippen LogP contribution in [0.25, 0.3) is 6.08 Å². The van der Waals surface area contributed by atoms with E-state index in [1.165, 1.54) is 29.3 Å². The molecule has 4 rings (SSSR count). The van der Waals surface area contributed by atoms with Gasteiger partial charge in [0.1, 0.15) is 0 Å². The molecular weight excluding hydrogens is 425 g/mol. The van der Waals surface area contributed by atoms with Crippen molar-refractivity contribution in [3.05, 3.63) is 113 Å². The highest BCUT2D eigenvalue weighted by Crippen LogP contribution is 2.30. The van der Waals surface area contributed by atoms with Gasteiger partial charge in [-0.1, -0.05) is 72.8 Å². The molecule has 0 spiro atoms. The van der Waals surface area contributed by atoms with Crippen LogP contribution in [0.2, 0.25) is 0 Å². The van der Waals surface area contributed by atoms with Crippen LogP contribution >= 0.6 is 0 Å². The zero-order chi connectivity index (χ0) is 23.3. The number of halogens is 3. The predicted molar refractivity (Wildman–Crippen MR) is 123 cm³/mol. The highest BCUT2D eigenvalue weighted by Gasteiger charge is 2.30. The molecule has 3 aromatic carbocycles.